The summed E-state index contributed by atoms with van der Waals surface area (Å²) in [7, 11) is 0. The SMILES string of the molecule is O=C(O)Cc1cnnn1-c1ccccc1Cl. The van der Waals surface area contributed by atoms with Crippen LogP contribution in [-0.2, 0) is 11.2 Å². The fourth-order valence-corrected chi connectivity index (χ4v) is 1.57. The van der Waals surface area contributed by atoms with Crippen molar-refractivity contribution in [3.05, 3.63) is 41.2 Å². The average molecular weight is 238 g/mol. The third-order valence-corrected chi connectivity index (χ3v) is 2.35. The van der Waals surface area contributed by atoms with Crippen LogP contribution < -0.4 is 0 Å². The van der Waals surface area contributed by atoms with Crippen LogP contribution in [0, 0.1) is 0 Å². The highest BCUT2D eigenvalue weighted by Crippen LogP contribution is 2.20. The molecule has 0 radical (unpaired) electrons. The Morgan fingerprint density at radius 2 is 2.19 bits per heavy atom. The van der Waals surface area contributed by atoms with Crippen molar-refractivity contribution >= 4 is 17.6 Å². The molecular formula is C10H8ClN3O2. The molecule has 6 heteroatoms. The number of carboxylic acids is 1. The van der Waals surface area contributed by atoms with Gasteiger partial charge in [0.05, 0.1) is 29.0 Å². The quantitative estimate of drug-likeness (QED) is 0.880. The van der Waals surface area contributed by atoms with E-state index < -0.39 is 5.97 Å². The van der Waals surface area contributed by atoms with Gasteiger partial charge in [-0.15, -0.1) is 5.10 Å². The Balaban J connectivity index is 2.45. The first-order valence-corrected chi connectivity index (χ1v) is 4.92. The Bertz CT molecular complexity index is 524. The number of carbonyl (C=O) groups is 1. The highest BCUT2D eigenvalue weighted by Gasteiger charge is 2.11. The fourth-order valence-electron chi connectivity index (χ4n) is 1.36. The second kappa shape index (κ2) is 4.32. The molecule has 0 saturated carbocycles. The van der Waals surface area contributed by atoms with Crippen molar-refractivity contribution in [2.24, 2.45) is 0 Å². The van der Waals surface area contributed by atoms with Gasteiger partial charge in [0.2, 0.25) is 0 Å². The molecular weight excluding hydrogens is 230 g/mol. The van der Waals surface area contributed by atoms with E-state index >= 15 is 0 Å². The summed E-state index contributed by atoms with van der Waals surface area (Å²) in [6, 6.07) is 7.05. The molecule has 2 aromatic rings. The van der Waals surface area contributed by atoms with E-state index in [2.05, 4.69) is 10.3 Å². The number of nitrogens with zero attached hydrogens (tertiary/aromatic N) is 3. The molecule has 82 valence electrons. The van der Waals surface area contributed by atoms with Crippen molar-refractivity contribution in [3.63, 3.8) is 0 Å². The summed E-state index contributed by atoms with van der Waals surface area (Å²) in [6.07, 6.45) is 1.27. The van der Waals surface area contributed by atoms with Crippen LogP contribution in [0.3, 0.4) is 0 Å². The molecule has 0 bridgehead atoms. The fraction of sp³-hybridized carbons (Fsp3) is 0.100. The van der Waals surface area contributed by atoms with Crippen molar-refractivity contribution in [1.29, 1.82) is 0 Å². The zero-order chi connectivity index (χ0) is 11.5. The lowest BCUT2D eigenvalue weighted by molar-refractivity contribution is -0.136. The number of hydrogen-bond donors (Lipinski definition) is 1. The molecule has 0 fully saturated rings. The van der Waals surface area contributed by atoms with Crippen LogP contribution in [-0.4, -0.2) is 26.1 Å². The van der Waals surface area contributed by atoms with E-state index in [1.54, 1.807) is 24.3 Å². The number of hydrogen-bond acceptors (Lipinski definition) is 3. The van der Waals surface area contributed by atoms with Gasteiger partial charge in [-0.3, -0.25) is 4.79 Å². The Hall–Kier alpha value is -1.88. The molecule has 0 amide bonds. The van der Waals surface area contributed by atoms with Gasteiger partial charge < -0.3 is 5.11 Å². The summed E-state index contributed by atoms with van der Waals surface area (Å²) in [6.45, 7) is 0. The summed E-state index contributed by atoms with van der Waals surface area (Å²) in [4.78, 5) is 10.6. The van der Waals surface area contributed by atoms with Gasteiger partial charge in [-0.25, -0.2) is 4.68 Å². The highest BCUT2D eigenvalue weighted by molar-refractivity contribution is 6.32. The van der Waals surface area contributed by atoms with Gasteiger partial charge in [0.1, 0.15) is 0 Å². The first kappa shape index (κ1) is 10.6. The Kier molecular flexibility index (Phi) is 2.87. The molecule has 0 saturated heterocycles. The topological polar surface area (TPSA) is 68.0 Å². The first-order valence-electron chi connectivity index (χ1n) is 4.55. The molecule has 5 nitrogen and oxygen atoms in total. The van der Waals surface area contributed by atoms with Gasteiger partial charge in [-0.05, 0) is 12.1 Å². The van der Waals surface area contributed by atoms with Crippen LogP contribution >= 0.6 is 11.6 Å². The second-order valence-electron chi connectivity index (χ2n) is 3.16. The lowest BCUT2D eigenvalue weighted by Crippen LogP contribution is -2.08. The van der Waals surface area contributed by atoms with Gasteiger partial charge >= 0.3 is 5.97 Å². The van der Waals surface area contributed by atoms with Gasteiger partial charge in [0.15, 0.2) is 0 Å². The summed E-state index contributed by atoms with van der Waals surface area (Å²) in [5.41, 5.74) is 1.11. The smallest absolute Gasteiger partial charge is 0.309 e. The molecule has 0 atom stereocenters. The third-order valence-electron chi connectivity index (χ3n) is 2.03. The minimum Gasteiger partial charge on any atom is -0.481 e. The number of aliphatic carboxylic acids is 1. The molecule has 0 unspecified atom stereocenters. The second-order valence-corrected chi connectivity index (χ2v) is 3.57. The molecule has 0 aliphatic carbocycles. The maximum Gasteiger partial charge on any atom is 0.309 e. The van der Waals surface area contributed by atoms with Crippen molar-refractivity contribution in [2.45, 2.75) is 6.42 Å². The average Bonchev–Trinajstić information content (AvgIpc) is 2.66. The summed E-state index contributed by atoms with van der Waals surface area (Å²) >= 11 is 5.99. The zero-order valence-corrected chi connectivity index (χ0v) is 8.92. The molecule has 16 heavy (non-hydrogen) atoms. The van der Waals surface area contributed by atoms with E-state index in [9.17, 15) is 4.79 Å². The maximum atomic E-state index is 10.6. The summed E-state index contributed by atoms with van der Waals surface area (Å²) < 4.78 is 1.43. The van der Waals surface area contributed by atoms with E-state index in [0.29, 0.717) is 16.4 Å². The van der Waals surface area contributed by atoms with Crippen molar-refractivity contribution in [1.82, 2.24) is 15.0 Å². The molecule has 2 rings (SSSR count). The van der Waals surface area contributed by atoms with Crippen LogP contribution in [0.25, 0.3) is 5.69 Å². The van der Waals surface area contributed by atoms with Crippen molar-refractivity contribution in [2.75, 3.05) is 0 Å². The van der Waals surface area contributed by atoms with Gasteiger partial charge in [0, 0.05) is 0 Å². The van der Waals surface area contributed by atoms with Crippen LogP contribution in [0.5, 0.6) is 0 Å². The highest BCUT2D eigenvalue weighted by atomic mass is 35.5. The number of para-hydroxylation sites is 1. The predicted molar refractivity (Wildman–Crippen MR) is 57.7 cm³/mol. The van der Waals surface area contributed by atoms with Gasteiger partial charge in [-0.1, -0.05) is 28.9 Å². The molecule has 1 aromatic heterocycles. The van der Waals surface area contributed by atoms with Crippen LogP contribution in [0.15, 0.2) is 30.5 Å². The molecule has 0 aliphatic heterocycles. The van der Waals surface area contributed by atoms with Crippen molar-refractivity contribution < 1.29 is 9.90 Å². The zero-order valence-electron chi connectivity index (χ0n) is 8.17. The minimum atomic E-state index is -0.935. The Morgan fingerprint density at radius 3 is 2.88 bits per heavy atom. The van der Waals surface area contributed by atoms with E-state index in [1.807, 2.05) is 0 Å². The van der Waals surface area contributed by atoms with Gasteiger partial charge in [0.25, 0.3) is 0 Å². The van der Waals surface area contributed by atoms with E-state index in [0.717, 1.165) is 0 Å². The Labute approximate surface area is 96.3 Å². The maximum absolute atomic E-state index is 10.6. The normalized spacial score (nSPS) is 10.3. The number of benzene rings is 1. The molecule has 1 heterocycles. The standard InChI is InChI=1S/C10H8ClN3O2/c11-8-3-1-2-4-9(8)14-7(5-10(15)16)6-12-13-14/h1-4,6H,5H2,(H,15,16). The third kappa shape index (κ3) is 2.04. The lowest BCUT2D eigenvalue weighted by Gasteiger charge is -2.05. The molecule has 1 N–H and O–H groups in total. The Morgan fingerprint density at radius 1 is 1.44 bits per heavy atom. The number of halogens is 1. The summed E-state index contributed by atoms with van der Waals surface area (Å²) in [5.74, 6) is -0.935. The van der Waals surface area contributed by atoms with Crippen LogP contribution in [0.2, 0.25) is 5.02 Å². The number of carboxylic acid groups (broad SMARTS) is 1. The number of aromatic nitrogens is 3. The summed E-state index contributed by atoms with van der Waals surface area (Å²) in [5, 5.41) is 16.7. The largest absolute Gasteiger partial charge is 0.481 e. The monoisotopic (exact) mass is 237 g/mol. The van der Waals surface area contributed by atoms with E-state index in [-0.39, 0.29) is 6.42 Å². The molecule has 0 aliphatic rings. The predicted octanol–water partition coefficient (Wildman–Crippen LogP) is 1.55. The molecule has 1 aromatic carbocycles. The van der Waals surface area contributed by atoms with Crippen LogP contribution in [0.4, 0.5) is 0 Å². The van der Waals surface area contributed by atoms with E-state index in [4.69, 9.17) is 16.7 Å². The van der Waals surface area contributed by atoms with Crippen molar-refractivity contribution in [3.8, 4) is 5.69 Å². The van der Waals surface area contributed by atoms with Gasteiger partial charge in [-0.2, -0.15) is 0 Å². The van der Waals surface area contributed by atoms with E-state index in [1.165, 1.54) is 10.9 Å². The molecule has 0 spiro atoms. The lowest BCUT2D eigenvalue weighted by atomic mass is 10.3. The number of rotatable bonds is 3. The minimum absolute atomic E-state index is 0.141. The first-order chi connectivity index (χ1) is 7.68. The van der Waals surface area contributed by atoms with Crippen LogP contribution in [0.1, 0.15) is 5.69 Å².